The third-order valence-corrected chi connectivity index (χ3v) is 3.43. The standard InChI is InChI=1S/C15H15ClN2O/c1-19-9-13-8-14(16)18-15(17-13)12-4-2-3-11(7-12)10-5-6-10/h2-4,7-8,10H,5-6,9H2,1H3. The minimum atomic E-state index is 0.442. The van der Waals surface area contributed by atoms with Gasteiger partial charge in [-0.15, -0.1) is 0 Å². The summed E-state index contributed by atoms with van der Waals surface area (Å²) in [4.78, 5) is 8.80. The molecule has 3 nitrogen and oxygen atoms in total. The van der Waals surface area contributed by atoms with Crippen LogP contribution in [-0.4, -0.2) is 17.1 Å². The summed E-state index contributed by atoms with van der Waals surface area (Å²) >= 11 is 6.04. The fourth-order valence-corrected chi connectivity index (χ4v) is 2.37. The topological polar surface area (TPSA) is 35.0 Å². The molecule has 2 aromatic rings. The molecule has 0 spiro atoms. The zero-order chi connectivity index (χ0) is 13.2. The van der Waals surface area contributed by atoms with Gasteiger partial charge in [0.1, 0.15) is 5.15 Å². The second-order valence-corrected chi connectivity index (χ2v) is 5.23. The van der Waals surface area contributed by atoms with Crippen molar-refractivity contribution in [3.8, 4) is 11.4 Å². The SMILES string of the molecule is COCc1cc(Cl)nc(-c2cccc(C3CC3)c2)n1. The number of aromatic nitrogens is 2. The molecule has 1 saturated carbocycles. The summed E-state index contributed by atoms with van der Waals surface area (Å²) in [6.07, 6.45) is 2.57. The van der Waals surface area contributed by atoms with Gasteiger partial charge in [0, 0.05) is 12.7 Å². The fraction of sp³-hybridized carbons (Fsp3) is 0.333. The molecule has 0 atom stereocenters. The first-order valence-corrected chi connectivity index (χ1v) is 6.77. The number of hydrogen-bond donors (Lipinski definition) is 0. The Hall–Kier alpha value is -1.45. The fourth-order valence-electron chi connectivity index (χ4n) is 2.16. The molecule has 3 rings (SSSR count). The van der Waals surface area contributed by atoms with Crippen LogP contribution in [0.1, 0.15) is 30.0 Å². The normalized spacial score (nSPS) is 14.6. The second kappa shape index (κ2) is 5.27. The minimum absolute atomic E-state index is 0.442. The van der Waals surface area contributed by atoms with Gasteiger partial charge < -0.3 is 4.74 Å². The van der Waals surface area contributed by atoms with E-state index >= 15 is 0 Å². The largest absolute Gasteiger partial charge is 0.378 e. The van der Waals surface area contributed by atoms with Crippen molar-refractivity contribution in [1.29, 1.82) is 0 Å². The van der Waals surface area contributed by atoms with Crippen molar-refractivity contribution in [2.24, 2.45) is 0 Å². The first kappa shape index (κ1) is 12.6. The van der Waals surface area contributed by atoms with Gasteiger partial charge in [0.15, 0.2) is 5.82 Å². The molecule has 98 valence electrons. The maximum atomic E-state index is 6.04. The van der Waals surface area contributed by atoms with Crippen LogP contribution in [0, 0.1) is 0 Å². The average molecular weight is 275 g/mol. The molecule has 19 heavy (non-hydrogen) atoms. The van der Waals surface area contributed by atoms with Gasteiger partial charge in [-0.05, 0) is 36.5 Å². The lowest BCUT2D eigenvalue weighted by atomic mass is 10.1. The lowest BCUT2D eigenvalue weighted by molar-refractivity contribution is 0.181. The molecular weight excluding hydrogens is 260 g/mol. The number of hydrogen-bond acceptors (Lipinski definition) is 3. The first-order chi connectivity index (χ1) is 9.26. The number of methoxy groups -OCH3 is 1. The maximum absolute atomic E-state index is 6.04. The van der Waals surface area contributed by atoms with Gasteiger partial charge in [-0.3, -0.25) is 0 Å². The van der Waals surface area contributed by atoms with Crippen molar-refractivity contribution < 1.29 is 4.74 Å². The summed E-state index contributed by atoms with van der Waals surface area (Å²) in [7, 11) is 1.64. The summed E-state index contributed by atoms with van der Waals surface area (Å²) in [5.74, 6) is 1.39. The van der Waals surface area contributed by atoms with E-state index in [1.807, 2.05) is 6.07 Å². The molecule has 1 heterocycles. The molecule has 1 fully saturated rings. The Labute approximate surface area is 117 Å². The van der Waals surface area contributed by atoms with E-state index in [1.165, 1.54) is 18.4 Å². The summed E-state index contributed by atoms with van der Waals surface area (Å²) in [5, 5.41) is 0.453. The number of nitrogens with zero attached hydrogens (tertiary/aromatic N) is 2. The zero-order valence-corrected chi connectivity index (χ0v) is 11.5. The summed E-state index contributed by atoms with van der Waals surface area (Å²) in [6, 6.07) is 10.2. The maximum Gasteiger partial charge on any atom is 0.161 e. The van der Waals surface area contributed by atoms with Crippen LogP contribution < -0.4 is 0 Å². The molecule has 0 unspecified atom stereocenters. The van der Waals surface area contributed by atoms with Crippen LogP contribution in [0.5, 0.6) is 0 Å². The van der Waals surface area contributed by atoms with Crippen LogP contribution >= 0.6 is 11.6 Å². The molecule has 1 aliphatic carbocycles. The van der Waals surface area contributed by atoms with Crippen molar-refractivity contribution in [1.82, 2.24) is 9.97 Å². The summed E-state index contributed by atoms with van der Waals surface area (Å²) in [6.45, 7) is 0.442. The number of rotatable bonds is 4. The molecule has 0 N–H and O–H groups in total. The molecule has 1 aromatic carbocycles. The Morgan fingerprint density at radius 3 is 2.84 bits per heavy atom. The minimum Gasteiger partial charge on any atom is -0.378 e. The molecule has 0 bridgehead atoms. The third kappa shape index (κ3) is 2.94. The van der Waals surface area contributed by atoms with Crippen molar-refractivity contribution in [2.75, 3.05) is 7.11 Å². The smallest absolute Gasteiger partial charge is 0.161 e. The number of benzene rings is 1. The van der Waals surface area contributed by atoms with E-state index in [0.29, 0.717) is 17.6 Å². The molecule has 1 aliphatic rings. The van der Waals surface area contributed by atoms with Crippen LogP contribution in [0.4, 0.5) is 0 Å². The third-order valence-electron chi connectivity index (χ3n) is 3.23. The molecule has 0 radical (unpaired) electrons. The van der Waals surface area contributed by atoms with Gasteiger partial charge >= 0.3 is 0 Å². The highest BCUT2D eigenvalue weighted by molar-refractivity contribution is 6.29. The van der Waals surface area contributed by atoms with E-state index in [2.05, 4.69) is 28.2 Å². The quantitative estimate of drug-likeness (QED) is 0.795. The van der Waals surface area contributed by atoms with Gasteiger partial charge in [-0.25, -0.2) is 9.97 Å². The number of ether oxygens (including phenoxy) is 1. The first-order valence-electron chi connectivity index (χ1n) is 6.39. The lowest BCUT2D eigenvalue weighted by Crippen LogP contribution is -1.98. The Morgan fingerprint density at radius 1 is 1.26 bits per heavy atom. The number of halogens is 1. The highest BCUT2D eigenvalue weighted by atomic mass is 35.5. The van der Waals surface area contributed by atoms with Crippen molar-refractivity contribution in [3.05, 3.63) is 46.7 Å². The van der Waals surface area contributed by atoms with E-state index in [4.69, 9.17) is 16.3 Å². The van der Waals surface area contributed by atoms with E-state index in [9.17, 15) is 0 Å². The highest BCUT2D eigenvalue weighted by Crippen LogP contribution is 2.40. The molecule has 0 aliphatic heterocycles. The van der Waals surface area contributed by atoms with Gasteiger partial charge in [0.2, 0.25) is 0 Å². The highest BCUT2D eigenvalue weighted by Gasteiger charge is 2.23. The van der Waals surface area contributed by atoms with Gasteiger partial charge in [-0.2, -0.15) is 0 Å². The van der Waals surface area contributed by atoms with Crippen molar-refractivity contribution in [3.63, 3.8) is 0 Å². The Morgan fingerprint density at radius 2 is 2.11 bits per heavy atom. The van der Waals surface area contributed by atoms with Gasteiger partial charge in [0.25, 0.3) is 0 Å². The molecular formula is C15H15ClN2O. The van der Waals surface area contributed by atoms with Crippen LogP contribution in [0.25, 0.3) is 11.4 Å². The van der Waals surface area contributed by atoms with E-state index in [-0.39, 0.29) is 0 Å². The van der Waals surface area contributed by atoms with E-state index < -0.39 is 0 Å². The summed E-state index contributed by atoms with van der Waals surface area (Å²) in [5.41, 5.74) is 3.19. The van der Waals surface area contributed by atoms with Gasteiger partial charge in [-0.1, -0.05) is 29.8 Å². The van der Waals surface area contributed by atoms with Crippen molar-refractivity contribution in [2.45, 2.75) is 25.4 Å². The Balaban J connectivity index is 1.98. The van der Waals surface area contributed by atoms with Crippen LogP contribution in [0.2, 0.25) is 5.15 Å². The van der Waals surface area contributed by atoms with Gasteiger partial charge in [0.05, 0.1) is 12.3 Å². The molecule has 0 amide bonds. The van der Waals surface area contributed by atoms with Crippen LogP contribution in [-0.2, 0) is 11.3 Å². The molecule has 1 aromatic heterocycles. The van der Waals surface area contributed by atoms with E-state index in [1.54, 1.807) is 13.2 Å². The zero-order valence-electron chi connectivity index (χ0n) is 10.8. The molecule has 0 saturated heterocycles. The Bertz CT molecular complexity index is 596. The van der Waals surface area contributed by atoms with E-state index in [0.717, 1.165) is 17.2 Å². The monoisotopic (exact) mass is 274 g/mol. The Kier molecular flexibility index (Phi) is 3.49. The lowest BCUT2D eigenvalue weighted by Gasteiger charge is -2.06. The second-order valence-electron chi connectivity index (χ2n) is 4.84. The summed E-state index contributed by atoms with van der Waals surface area (Å²) < 4.78 is 5.10. The molecule has 4 heteroatoms. The van der Waals surface area contributed by atoms with Crippen LogP contribution in [0.15, 0.2) is 30.3 Å². The van der Waals surface area contributed by atoms with Crippen LogP contribution in [0.3, 0.4) is 0 Å². The van der Waals surface area contributed by atoms with Crippen molar-refractivity contribution >= 4 is 11.6 Å². The predicted molar refractivity (Wildman–Crippen MR) is 75.2 cm³/mol. The average Bonchev–Trinajstić information content (AvgIpc) is 3.23. The predicted octanol–water partition coefficient (Wildman–Crippen LogP) is 3.82.